The molecule has 6 nitrogen and oxygen atoms in total. The number of esters is 1. The van der Waals surface area contributed by atoms with Crippen LogP contribution in [0.25, 0.3) is 0 Å². The standard InChI is InChI=1S/C15H20N2O4/c1-20-10-2-3-11-21-14(18)12-4-6-13(7-5-12)17-9-8-16-15(17)19/h4-7H,2-3,8-11H2,1H3,(H,16,19). The summed E-state index contributed by atoms with van der Waals surface area (Å²) in [6.45, 7) is 2.34. The van der Waals surface area contributed by atoms with E-state index in [-0.39, 0.29) is 12.0 Å². The van der Waals surface area contributed by atoms with E-state index in [0.717, 1.165) is 18.5 Å². The molecule has 1 aromatic rings. The van der Waals surface area contributed by atoms with Crippen LogP contribution in [0.3, 0.4) is 0 Å². The van der Waals surface area contributed by atoms with Crippen molar-refractivity contribution in [2.45, 2.75) is 12.8 Å². The molecule has 1 heterocycles. The lowest BCUT2D eigenvalue weighted by atomic mass is 10.2. The quantitative estimate of drug-likeness (QED) is 0.614. The number of carbonyl (C=O) groups excluding carboxylic acids is 2. The first-order valence-electron chi connectivity index (χ1n) is 7.04. The predicted octanol–water partition coefficient (Wildman–Crippen LogP) is 1.80. The Morgan fingerprint density at radius 1 is 1.24 bits per heavy atom. The van der Waals surface area contributed by atoms with E-state index in [1.54, 1.807) is 36.3 Å². The third-order valence-corrected chi connectivity index (χ3v) is 3.25. The van der Waals surface area contributed by atoms with Gasteiger partial charge in [0, 0.05) is 32.5 Å². The zero-order valence-corrected chi connectivity index (χ0v) is 12.1. The lowest BCUT2D eigenvalue weighted by molar-refractivity contribution is 0.0489. The van der Waals surface area contributed by atoms with Crippen LogP contribution in [0.4, 0.5) is 10.5 Å². The molecular weight excluding hydrogens is 272 g/mol. The first kappa shape index (κ1) is 15.3. The summed E-state index contributed by atoms with van der Waals surface area (Å²) in [5.74, 6) is -0.343. The number of ether oxygens (including phenoxy) is 2. The minimum Gasteiger partial charge on any atom is -0.462 e. The summed E-state index contributed by atoms with van der Waals surface area (Å²) < 4.78 is 10.1. The molecule has 0 aromatic heterocycles. The minimum atomic E-state index is -0.343. The number of hydrogen-bond donors (Lipinski definition) is 1. The Bertz CT molecular complexity index is 487. The number of anilines is 1. The van der Waals surface area contributed by atoms with Crippen molar-refractivity contribution in [1.29, 1.82) is 0 Å². The average molecular weight is 292 g/mol. The summed E-state index contributed by atoms with van der Waals surface area (Å²) in [4.78, 5) is 25.0. The molecule has 1 fully saturated rings. The summed E-state index contributed by atoms with van der Waals surface area (Å²) in [6.07, 6.45) is 1.65. The van der Waals surface area contributed by atoms with Crippen molar-refractivity contribution in [2.24, 2.45) is 0 Å². The van der Waals surface area contributed by atoms with Crippen LogP contribution >= 0.6 is 0 Å². The number of urea groups is 1. The van der Waals surface area contributed by atoms with Gasteiger partial charge >= 0.3 is 12.0 Å². The fraction of sp³-hybridized carbons (Fsp3) is 0.467. The molecule has 6 heteroatoms. The highest BCUT2D eigenvalue weighted by molar-refractivity contribution is 5.95. The highest BCUT2D eigenvalue weighted by Gasteiger charge is 2.21. The van der Waals surface area contributed by atoms with Crippen LogP contribution in [0.15, 0.2) is 24.3 Å². The van der Waals surface area contributed by atoms with Gasteiger partial charge in [-0.15, -0.1) is 0 Å². The molecular formula is C15H20N2O4. The molecule has 2 rings (SSSR count). The smallest absolute Gasteiger partial charge is 0.338 e. The van der Waals surface area contributed by atoms with Crippen molar-refractivity contribution < 1.29 is 19.1 Å². The van der Waals surface area contributed by atoms with Crippen LogP contribution in [-0.2, 0) is 9.47 Å². The maximum absolute atomic E-state index is 11.8. The molecule has 1 N–H and O–H groups in total. The number of rotatable bonds is 7. The van der Waals surface area contributed by atoms with Crippen molar-refractivity contribution in [3.05, 3.63) is 29.8 Å². The van der Waals surface area contributed by atoms with E-state index < -0.39 is 0 Å². The van der Waals surface area contributed by atoms with Gasteiger partial charge in [-0.05, 0) is 37.1 Å². The Kier molecular flexibility index (Phi) is 5.57. The van der Waals surface area contributed by atoms with E-state index in [0.29, 0.717) is 31.9 Å². The molecule has 0 saturated carbocycles. The molecule has 0 spiro atoms. The lowest BCUT2D eigenvalue weighted by Crippen LogP contribution is -2.27. The minimum absolute atomic E-state index is 0.108. The van der Waals surface area contributed by atoms with E-state index in [4.69, 9.17) is 9.47 Å². The van der Waals surface area contributed by atoms with Gasteiger partial charge in [0.25, 0.3) is 0 Å². The zero-order valence-electron chi connectivity index (χ0n) is 12.1. The van der Waals surface area contributed by atoms with Gasteiger partial charge in [-0.1, -0.05) is 0 Å². The largest absolute Gasteiger partial charge is 0.462 e. The number of amides is 2. The first-order valence-corrected chi connectivity index (χ1v) is 7.04. The van der Waals surface area contributed by atoms with Crippen LogP contribution in [0.2, 0.25) is 0 Å². The van der Waals surface area contributed by atoms with E-state index in [2.05, 4.69) is 5.32 Å². The Balaban J connectivity index is 1.83. The third-order valence-electron chi connectivity index (χ3n) is 3.25. The molecule has 0 atom stereocenters. The van der Waals surface area contributed by atoms with Crippen molar-refractivity contribution in [1.82, 2.24) is 5.32 Å². The van der Waals surface area contributed by atoms with Crippen LogP contribution in [0.1, 0.15) is 23.2 Å². The highest BCUT2D eigenvalue weighted by Crippen LogP contribution is 2.17. The van der Waals surface area contributed by atoms with E-state index >= 15 is 0 Å². The highest BCUT2D eigenvalue weighted by atomic mass is 16.5. The van der Waals surface area contributed by atoms with E-state index in [1.807, 2.05) is 0 Å². The number of nitrogens with zero attached hydrogens (tertiary/aromatic N) is 1. The van der Waals surface area contributed by atoms with Gasteiger partial charge in [0.1, 0.15) is 0 Å². The molecule has 0 aliphatic carbocycles. The Hall–Kier alpha value is -2.08. The second-order valence-electron chi connectivity index (χ2n) is 4.77. The third kappa shape index (κ3) is 4.19. The number of hydrogen-bond acceptors (Lipinski definition) is 4. The van der Waals surface area contributed by atoms with Gasteiger partial charge in [-0.3, -0.25) is 4.90 Å². The van der Waals surface area contributed by atoms with Gasteiger partial charge in [0.05, 0.1) is 12.2 Å². The van der Waals surface area contributed by atoms with Gasteiger partial charge in [0.15, 0.2) is 0 Å². The predicted molar refractivity (Wildman–Crippen MR) is 78.6 cm³/mol. The molecule has 0 radical (unpaired) electrons. The number of benzene rings is 1. The van der Waals surface area contributed by atoms with Gasteiger partial charge in [-0.25, -0.2) is 9.59 Å². The molecule has 21 heavy (non-hydrogen) atoms. The molecule has 1 aliphatic heterocycles. The molecule has 114 valence electrons. The molecule has 1 aliphatic rings. The molecule has 0 unspecified atom stereocenters. The number of carbonyl (C=O) groups is 2. The lowest BCUT2D eigenvalue weighted by Gasteiger charge is -2.14. The van der Waals surface area contributed by atoms with Crippen molar-refractivity contribution >= 4 is 17.7 Å². The topological polar surface area (TPSA) is 67.9 Å². The summed E-state index contributed by atoms with van der Waals surface area (Å²) in [6, 6.07) is 6.76. The zero-order chi connectivity index (χ0) is 15.1. The number of methoxy groups -OCH3 is 1. The summed E-state index contributed by atoms with van der Waals surface area (Å²) in [5, 5.41) is 2.74. The van der Waals surface area contributed by atoms with E-state index in [1.165, 1.54) is 0 Å². The summed E-state index contributed by atoms with van der Waals surface area (Å²) >= 11 is 0. The van der Waals surface area contributed by atoms with Gasteiger partial charge in [-0.2, -0.15) is 0 Å². The SMILES string of the molecule is COCCCCOC(=O)c1ccc(N2CCNC2=O)cc1. The fourth-order valence-electron chi connectivity index (χ4n) is 2.09. The Morgan fingerprint density at radius 3 is 2.57 bits per heavy atom. The van der Waals surface area contributed by atoms with E-state index in [9.17, 15) is 9.59 Å². The van der Waals surface area contributed by atoms with Crippen molar-refractivity contribution in [3.8, 4) is 0 Å². The normalized spacial score (nSPS) is 14.1. The maximum Gasteiger partial charge on any atom is 0.338 e. The van der Waals surface area contributed by atoms with Crippen LogP contribution < -0.4 is 10.2 Å². The monoisotopic (exact) mass is 292 g/mol. The van der Waals surface area contributed by atoms with Crippen LogP contribution in [0.5, 0.6) is 0 Å². The number of unbranched alkanes of at least 4 members (excludes halogenated alkanes) is 1. The van der Waals surface area contributed by atoms with Gasteiger partial charge < -0.3 is 14.8 Å². The summed E-state index contributed by atoms with van der Waals surface area (Å²) in [7, 11) is 1.65. The fourth-order valence-corrected chi connectivity index (χ4v) is 2.09. The maximum atomic E-state index is 11.8. The van der Waals surface area contributed by atoms with Crippen LogP contribution in [0, 0.1) is 0 Å². The second-order valence-corrected chi connectivity index (χ2v) is 4.77. The van der Waals surface area contributed by atoms with Crippen LogP contribution in [-0.4, -0.2) is 45.4 Å². The Morgan fingerprint density at radius 2 is 1.95 bits per heavy atom. The Labute approximate surface area is 124 Å². The van der Waals surface area contributed by atoms with Gasteiger partial charge in [0.2, 0.25) is 0 Å². The first-order chi connectivity index (χ1) is 10.2. The van der Waals surface area contributed by atoms with Crippen molar-refractivity contribution in [2.75, 3.05) is 38.3 Å². The average Bonchev–Trinajstić information content (AvgIpc) is 2.93. The molecule has 1 saturated heterocycles. The van der Waals surface area contributed by atoms with Crippen molar-refractivity contribution in [3.63, 3.8) is 0 Å². The number of nitrogens with one attached hydrogen (secondary N) is 1. The summed E-state index contributed by atoms with van der Waals surface area (Å²) in [5.41, 5.74) is 1.27. The molecule has 0 bridgehead atoms. The second kappa shape index (κ2) is 7.64. The molecule has 2 amide bonds. The molecule has 1 aromatic carbocycles.